The van der Waals surface area contributed by atoms with E-state index in [-0.39, 0.29) is 17.0 Å². The quantitative estimate of drug-likeness (QED) is 0.654. The third-order valence-corrected chi connectivity index (χ3v) is 5.53. The summed E-state index contributed by atoms with van der Waals surface area (Å²) < 4.78 is 65.2. The molecule has 10 heteroatoms. The molecular formula is C19H19F3N4O2S. The summed E-state index contributed by atoms with van der Waals surface area (Å²) in [4.78, 5) is 4.18. The molecule has 0 fully saturated rings. The molecule has 0 spiro atoms. The Hall–Kier alpha value is -2.85. The van der Waals surface area contributed by atoms with Crippen LogP contribution in [0.2, 0.25) is 0 Å². The van der Waals surface area contributed by atoms with Crippen molar-refractivity contribution in [3.05, 3.63) is 65.6 Å². The molecule has 3 rings (SSSR count). The van der Waals surface area contributed by atoms with E-state index in [1.165, 1.54) is 30.3 Å². The normalized spacial score (nSPS) is 12.2. The second-order valence-corrected chi connectivity index (χ2v) is 8.12. The van der Waals surface area contributed by atoms with E-state index in [0.717, 1.165) is 6.07 Å². The number of sulfonamides is 1. The first-order valence-electron chi connectivity index (χ1n) is 8.52. The molecule has 0 atom stereocenters. The van der Waals surface area contributed by atoms with Gasteiger partial charge in [0.15, 0.2) is 0 Å². The number of aromatic nitrogens is 2. The summed E-state index contributed by atoms with van der Waals surface area (Å²) in [5, 5.41) is 8.28. The zero-order valence-electron chi connectivity index (χ0n) is 15.7. The van der Waals surface area contributed by atoms with Crippen molar-refractivity contribution in [2.45, 2.75) is 24.5 Å². The van der Waals surface area contributed by atoms with Crippen LogP contribution in [0.25, 0.3) is 11.3 Å². The van der Waals surface area contributed by atoms with Crippen molar-refractivity contribution >= 4 is 15.7 Å². The number of hydrogen-bond donors (Lipinski definition) is 2. The summed E-state index contributed by atoms with van der Waals surface area (Å²) in [6, 6.07) is 8.08. The van der Waals surface area contributed by atoms with Crippen molar-refractivity contribution in [2.24, 2.45) is 12.2 Å². The molecule has 0 saturated heterocycles. The van der Waals surface area contributed by atoms with Gasteiger partial charge in [-0.15, -0.1) is 0 Å². The molecule has 6 nitrogen and oxygen atoms in total. The van der Waals surface area contributed by atoms with Gasteiger partial charge in [0, 0.05) is 31.0 Å². The summed E-state index contributed by atoms with van der Waals surface area (Å²) in [6.07, 6.45) is -1.25. The second-order valence-electron chi connectivity index (χ2n) is 6.59. The highest BCUT2D eigenvalue weighted by Crippen LogP contribution is 2.36. The summed E-state index contributed by atoms with van der Waals surface area (Å²) in [6.45, 7) is 1.47. The summed E-state index contributed by atoms with van der Waals surface area (Å²) in [5.74, 6) is 0. The van der Waals surface area contributed by atoms with Gasteiger partial charge in [-0.2, -0.15) is 13.2 Å². The van der Waals surface area contributed by atoms with Gasteiger partial charge >= 0.3 is 6.18 Å². The van der Waals surface area contributed by atoms with E-state index in [4.69, 9.17) is 5.14 Å². The van der Waals surface area contributed by atoms with Crippen molar-refractivity contribution < 1.29 is 21.6 Å². The minimum Gasteiger partial charge on any atom is -0.380 e. The van der Waals surface area contributed by atoms with E-state index in [2.05, 4.69) is 10.3 Å². The smallest absolute Gasteiger partial charge is 0.380 e. The topological polar surface area (TPSA) is 90.0 Å². The van der Waals surface area contributed by atoms with Crippen molar-refractivity contribution in [2.75, 3.05) is 5.32 Å². The van der Waals surface area contributed by atoms with E-state index in [9.17, 15) is 21.6 Å². The van der Waals surface area contributed by atoms with Gasteiger partial charge in [-0.25, -0.2) is 18.5 Å². The number of primary sulfonamides is 1. The van der Waals surface area contributed by atoms with Gasteiger partial charge < -0.3 is 9.88 Å². The number of benzene rings is 2. The predicted octanol–water partition coefficient (Wildman–Crippen LogP) is 3.67. The Balaban J connectivity index is 2.06. The fourth-order valence-corrected chi connectivity index (χ4v) is 3.95. The Bertz CT molecular complexity index is 1150. The van der Waals surface area contributed by atoms with Crippen molar-refractivity contribution in [3.8, 4) is 11.3 Å². The lowest BCUT2D eigenvalue weighted by Crippen LogP contribution is -2.15. The van der Waals surface area contributed by atoms with Crippen LogP contribution in [-0.2, 0) is 29.8 Å². The number of aryl methyl sites for hydroxylation is 1. The summed E-state index contributed by atoms with van der Waals surface area (Å²) in [5.41, 5.74) is 1.08. The minimum atomic E-state index is -4.48. The lowest BCUT2D eigenvalue weighted by Gasteiger charge is -2.18. The molecule has 0 bridgehead atoms. The first-order chi connectivity index (χ1) is 13.5. The Kier molecular flexibility index (Phi) is 5.42. The molecule has 0 unspecified atom stereocenters. The lowest BCUT2D eigenvalue weighted by molar-refractivity contribution is -0.138. The largest absolute Gasteiger partial charge is 0.416 e. The Morgan fingerprint density at radius 2 is 1.86 bits per heavy atom. The molecule has 0 saturated carbocycles. The first-order valence-corrected chi connectivity index (χ1v) is 10.1. The number of rotatable bonds is 5. The van der Waals surface area contributed by atoms with Crippen molar-refractivity contribution in [1.82, 2.24) is 9.55 Å². The van der Waals surface area contributed by atoms with Gasteiger partial charge in [0.05, 0.1) is 22.5 Å². The Morgan fingerprint density at radius 3 is 2.45 bits per heavy atom. The van der Waals surface area contributed by atoms with Crippen molar-refractivity contribution in [3.63, 3.8) is 0 Å². The molecule has 0 radical (unpaired) electrons. The minimum absolute atomic E-state index is 0.0696. The lowest BCUT2D eigenvalue weighted by atomic mass is 10.0. The van der Waals surface area contributed by atoms with Gasteiger partial charge in [-0.1, -0.05) is 18.2 Å². The van der Waals surface area contributed by atoms with Crippen LogP contribution in [0.4, 0.5) is 18.9 Å². The molecular weight excluding hydrogens is 405 g/mol. The molecule has 1 heterocycles. The molecule has 0 aliphatic carbocycles. The zero-order chi connectivity index (χ0) is 21.4. The van der Waals surface area contributed by atoms with Crippen LogP contribution in [0.3, 0.4) is 0 Å². The maximum atomic E-state index is 13.2. The number of nitrogens with zero attached hydrogens (tertiary/aromatic N) is 2. The Morgan fingerprint density at radius 1 is 1.17 bits per heavy atom. The third-order valence-electron chi connectivity index (χ3n) is 4.47. The number of nitrogens with two attached hydrogens (primary N) is 1. The van der Waals surface area contributed by atoms with Crippen LogP contribution in [0.1, 0.15) is 16.7 Å². The van der Waals surface area contributed by atoms with Gasteiger partial charge in [-0.05, 0) is 36.2 Å². The molecule has 154 valence electrons. The van der Waals surface area contributed by atoms with Crippen LogP contribution in [0, 0.1) is 6.92 Å². The fourth-order valence-electron chi connectivity index (χ4n) is 3.16. The van der Waals surface area contributed by atoms with Crippen LogP contribution < -0.4 is 10.5 Å². The number of nitrogens with one attached hydrogen (secondary N) is 1. The van der Waals surface area contributed by atoms with E-state index < -0.39 is 21.8 Å². The average Bonchev–Trinajstić information content (AvgIpc) is 3.04. The van der Waals surface area contributed by atoms with Crippen molar-refractivity contribution in [1.29, 1.82) is 0 Å². The molecule has 3 aromatic rings. The van der Waals surface area contributed by atoms with Crippen LogP contribution in [0.15, 0.2) is 53.8 Å². The summed E-state index contributed by atoms with van der Waals surface area (Å²) >= 11 is 0. The highest BCUT2D eigenvalue weighted by molar-refractivity contribution is 7.89. The second kappa shape index (κ2) is 7.53. The van der Waals surface area contributed by atoms with E-state index in [1.54, 1.807) is 31.1 Å². The van der Waals surface area contributed by atoms with Gasteiger partial charge in [0.1, 0.15) is 0 Å². The highest BCUT2D eigenvalue weighted by Gasteiger charge is 2.32. The molecule has 0 aliphatic rings. The standard InChI is InChI=1S/C19H19F3N4O2S/c1-12-17(29(23,27)28)8-7-15(18(12)16-10-26(2)11-25-16)24-9-13-5-3-4-6-14(13)19(20,21)22/h3-8,10-11,24H,9H2,1-2H3,(H2,23,27,28). The predicted molar refractivity (Wildman–Crippen MR) is 104 cm³/mol. The molecule has 3 N–H and O–H groups in total. The van der Waals surface area contributed by atoms with E-state index >= 15 is 0 Å². The highest BCUT2D eigenvalue weighted by atomic mass is 32.2. The fraction of sp³-hybridized carbons (Fsp3) is 0.211. The monoisotopic (exact) mass is 424 g/mol. The summed E-state index contributed by atoms with van der Waals surface area (Å²) in [7, 11) is -2.23. The number of halogens is 3. The molecule has 29 heavy (non-hydrogen) atoms. The van der Waals surface area contributed by atoms with E-state index in [1.807, 2.05) is 0 Å². The maximum Gasteiger partial charge on any atom is 0.416 e. The van der Waals surface area contributed by atoms with Gasteiger partial charge in [0.2, 0.25) is 10.0 Å². The molecule has 2 aromatic carbocycles. The third kappa shape index (κ3) is 4.43. The SMILES string of the molecule is Cc1c(S(N)(=O)=O)ccc(NCc2ccccc2C(F)(F)F)c1-c1cn(C)cn1. The Labute approximate surface area is 166 Å². The molecule has 0 aliphatic heterocycles. The zero-order valence-corrected chi connectivity index (χ0v) is 16.5. The van der Waals surface area contributed by atoms with Gasteiger partial charge in [-0.3, -0.25) is 0 Å². The van der Waals surface area contributed by atoms with E-state index in [0.29, 0.717) is 22.5 Å². The number of imidazole rings is 1. The first kappa shape index (κ1) is 20.9. The number of hydrogen-bond acceptors (Lipinski definition) is 4. The van der Waals surface area contributed by atoms with Crippen LogP contribution in [0.5, 0.6) is 0 Å². The molecule has 0 amide bonds. The van der Waals surface area contributed by atoms with Crippen LogP contribution in [-0.4, -0.2) is 18.0 Å². The molecule has 1 aromatic heterocycles. The maximum absolute atomic E-state index is 13.2. The number of anilines is 1. The number of alkyl halides is 3. The van der Waals surface area contributed by atoms with Crippen LogP contribution >= 0.6 is 0 Å². The average molecular weight is 424 g/mol. The van der Waals surface area contributed by atoms with Gasteiger partial charge in [0.25, 0.3) is 0 Å².